The van der Waals surface area contributed by atoms with E-state index in [9.17, 15) is 15.3 Å². The molecule has 6 nitrogen and oxygen atoms in total. The van der Waals surface area contributed by atoms with E-state index in [0.29, 0.717) is 0 Å². The van der Waals surface area contributed by atoms with Crippen LogP contribution in [0.2, 0.25) is 0 Å². The maximum atomic E-state index is 9.53. The van der Waals surface area contributed by atoms with Crippen molar-refractivity contribution in [2.45, 2.75) is 37.6 Å². The Kier molecular flexibility index (Phi) is 5.15. The Hall–Kier alpha value is -0.680. The van der Waals surface area contributed by atoms with Crippen LogP contribution in [-0.4, -0.2) is 64.3 Å². The standard InChI is InChI=1S/C10H16O6/c1-2-3-4-15-10-9(14)8(13)7(12)6(5-11)16-10/h6-14H,4-5H2,1H3/t6-,7+,8+,9-,10-/m1/s1. The topological polar surface area (TPSA) is 99.4 Å². The zero-order valence-corrected chi connectivity index (χ0v) is 8.91. The van der Waals surface area contributed by atoms with Gasteiger partial charge in [0.1, 0.15) is 31.0 Å². The van der Waals surface area contributed by atoms with E-state index in [2.05, 4.69) is 11.8 Å². The van der Waals surface area contributed by atoms with E-state index in [-0.39, 0.29) is 6.61 Å². The van der Waals surface area contributed by atoms with Crippen molar-refractivity contribution in [3.8, 4) is 11.8 Å². The first-order chi connectivity index (χ1) is 7.61. The average molecular weight is 232 g/mol. The van der Waals surface area contributed by atoms with Gasteiger partial charge < -0.3 is 29.9 Å². The van der Waals surface area contributed by atoms with Gasteiger partial charge >= 0.3 is 0 Å². The molecule has 1 aliphatic heterocycles. The molecule has 0 saturated carbocycles. The fraction of sp³-hybridized carbons (Fsp3) is 0.800. The van der Waals surface area contributed by atoms with Crippen LogP contribution in [0.15, 0.2) is 0 Å². The van der Waals surface area contributed by atoms with Crippen molar-refractivity contribution >= 4 is 0 Å². The van der Waals surface area contributed by atoms with Crippen molar-refractivity contribution < 1.29 is 29.9 Å². The second-order valence-corrected chi connectivity index (χ2v) is 3.44. The van der Waals surface area contributed by atoms with Gasteiger partial charge in [-0.2, -0.15) is 0 Å². The van der Waals surface area contributed by atoms with E-state index in [1.165, 1.54) is 0 Å². The normalized spacial score (nSPS) is 38.9. The zero-order valence-electron chi connectivity index (χ0n) is 8.91. The number of aliphatic hydroxyl groups excluding tert-OH is 4. The van der Waals surface area contributed by atoms with Gasteiger partial charge in [0, 0.05) is 0 Å². The van der Waals surface area contributed by atoms with Crippen LogP contribution in [0, 0.1) is 11.8 Å². The minimum Gasteiger partial charge on any atom is -0.394 e. The van der Waals surface area contributed by atoms with Gasteiger partial charge in [0.25, 0.3) is 0 Å². The van der Waals surface area contributed by atoms with Crippen molar-refractivity contribution in [2.24, 2.45) is 0 Å². The summed E-state index contributed by atoms with van der Waals surface area (Å²) in [5.41, 5.74) is 0. The Morgan fingerprint density at radius 2 is 1.88 bits per heavy atom. The second-order valence-electron chi connectivity index (χ2n) is 3.44. The third kappa shape index (κ3) is 2.92. The van der Waals surface area contributed by atoms with E-state index < -0.39 is 37.3 Å². The molecule has 1 aliphatic rings. The number of rotatable bonds is 3. The van der Waals surface area contributed by atoms with Crippen LogP contribution in [-0.2, 0) is 9.47 Å². The SMILES string of the molecule is CC#CCO[C@@H]1O[C@H](CO)[C@H](O)[C@H](O)[C@H]1O. The van der Waals surface area contributed by atoms with Crippen molar-refractivity contribution in [3.05, 3.63) is 0 Å². The van der Waals surface area contributed by atoms with Gasteiger partial charge in [-0.05, 0) is 6.92 Å². The Bertz CT molecular complexity index is 268. The molecule has 1 rings (SSSR count). The molecule has 0 aromatic rings. The third-order valence-electron chi connectivity index (χ3n) is 2.34. The lowest BCUT2D eigenvalue weighted by molar-refractivity contribution is -0.298. The lowest BCUT2D eigenvalue weighted by Gasteiger charge is -2.39. The van der Waals surface area contributed by atoms with E-state index >= 15 is 0 Å². The van der Waals surface area contributed by atoms with Crippen LogP contribution < -0.4 is 0 Å². The Labute approximate surface area is 93.4 Å². The first-order valence-corrected chi connectivity index (χ1v) is 4.93. The third-order valence-corrected chi connectivity index (χ3v) is 2.34. The number of hydrogen-bond acceptors (Lipinski definition) is 6. The lowest BCUT2D eigenvalue weighted by Crippen LogP contribution is -2.59. The van der Waals surface area contributed by atoms with Gasteiger partial charge in [0.15, 0.2) is 6.29 Å². The Balaban J connectivity index is 2.58. The van der Waals surface area contributed by atoms with Gasteiger partial charge in [-0.15, -0.1) is 5.92 Å². The smallest absolute Gasteiger partial charge is 0.187 e. The van der Waals surface area contributed by atoms with Crippen molar-refractivity contribution in [1.29, 1.82) is 0 Å². The molecular weight excluding hydrogens is 216 g/mol. The average Bonchev–Trinajstić information content (AvgIpc) is 2.29. The number of hydrogen-bond donors (Lipinski definition) is 4. The summed E-state index contributed by atoms with van der Waals surface area (Å²) in [5, 5.41) is 37.3. The molecule has 1 fully saturated rings. The van der Waals surface area contributed by atoms with Gasteiger partial charge in [-0.25, -0.2) is 0 Å². The summed E-state index contributed by atoms with van der Waals surface area (Å²) in [6.07, 6.45) is -6.19. The highest BCUT2D eigenvalue weighted by Crippen LogP contribution is 2.21. The predicted molar refractivity (Wildman–Crippen MR) is 53.2 cm³/mol. The van der Waals surface area contributed by atoms with Gasteiger partial charge in [-0.3, -0.25) is 0 Å². The summed E-state index contributed by atoms with van der Waals surface area (Å²) >= 11 is 0. The van der Waals surface area contributed by atoms with Crippen LogP contribution in [0.5, 0.6) is 0 Å². The Morgan fingerprint density at radius 3 is 2.44 bits per heavy atom. The van der Waals surface area contributed by atoms with Crippen molar-refractivity contribution in [1.82, 2.24) is 0 Å². The molecule has 0 radical (unpaired) electrons. The monoisotopic (exact) mass is 232 g/mol. The maximum absolute atomic E-state index is 9.53. The fourth-order valence-electron chi connectivity index (χ4n) is 1.40. The van der Waals surface area contributed by atoms with Crippen LogP contribution in [0.1, 0.15) is 6.92 Å². The lowest BCUT2D eigenvalue weighted by atomic mass is 9.99. The largest absolute Gasteiger partial charge is 0.394 e. The van der Waals surface area contributed by atoms with E-state index in [0.717, 1.165) is 0 Å². The first kappa shape index (κ1) is 13.4. The fourth-order valence-corrected chi connectivity index (χ4v) is 1.40. The predicted octanol–water partition coefficient (Wildman–Crippen LogP) is -2.17. The van der Waals surface area contributed by atoms with Crippen LogP contribution in [0.3, 0.4) is 0 Å². The van der Waals surface area contributed by atoms with Crippen LogP contribution in [0.25, 0.3) is 0 Å². The van der Waals surface area contributed by atoms with Gasteiger partial charge in [-0.1, -0.05) is 5.92 Å². The second kappa shape index (κ2) is 6.15. The Morgan fingerprint density at radius 1 is 1.19 bits per heavy atom. The summed E-state index contributed by atoms with van der Waals surface area (Å²) < 4.78 is 10.1. The van der Waals surface area contributed by atoms with Crippen LogP contribution >= 0.6 is 0 Å². The van der Waals surface area contributed by atoms with Crippen molar-refractivity contribution in [2.75, 3.05) is 13.2 Å². The molecule has 0 aliphatic carbocycles. The summed E-state index contributed by atoms with van der Waals surface area (Å²) in [7, 11) is 0. The van der Waals surface area contributed by atoms with E-state index in [4.69, 9.17) is 14.6 Å². The summed E-state index contributed by atoms with van der Waals surface area (Å²) in [5.74, 6) is 5.20. The highest BCUT2D eigenvalue weighted by Gasteiger charge is 2.43. The molecule has 4 N–H and O–H groups in total. The molecule has 0 aromatic carbocycles. The molecule has 1 heterocycles. The minimum atomic E-state index is -1.41. The minimum absolute atomic E-state index is 0.0409. The highest BCUT2D eigenvalue weighted by atomic mass is 16.7. The molecule has 0 unspecified atom stereocenters. The van der Waals surface area contributed by atoms with Gasteiger partial charge in [0.2, 0.25) is 0 Å². The summed E-state index contributed by atoms with van der Waals surface area (Å²) in [4.78, 5) is 0. The van der Waals surface area contributed by atoms with Crippen LogP contribution in [0.4, 0.5) is 0 Å². The quantitative estimate of drug-likeness (QED) is 0.413. The molecule has 5 atom stereocenters. The van der Waals surface area contributed by atoms with E-state index in [1.807, 2.05) is 0 Å². The molecular formula is C10H16O6. The van der Waals surface area contributed by atoms with Crippen molar-refractivity contribution in [3.63, 3.8) is 0 Å². The molecule has 92 valence electrons. The van der Waals surface area contributed by atoms with Gasteiger partial charge in [0.05, 0.1) is 6.61 Å². The first-order valence-electron chi connectivity index (χ1n) is 4.93. The van der Waals surface area contributed by atoms with E-state index in [1.54, 1.807) is 6.92 Å². The molecule has 0 aromatic heterocycles. The summed E-state index contributed by atoms with van der Waals surface area (Å²) in [6, 6.07) is 0. The molecule has 1 saturated heterocycles. The zero-order chi connectivity index (χ0) is 12.1. The summed E-state index contributed by atoms with van der Waals surface area (Å²) in [6.45, 7) is 1.21. The molecule has 16 heavy (non-hydrogen) atoms. The molecule has 0 spiro atoms. The maximum Gasteiger partial charge on any atom is 0.187 e. The number of ether oxygens (including phenoxy) is 2. The molecule has 0 bridgehead atoms. The molecule has 0 amide bonds. The molecule has 6 heteroatoms. The number of aliphatic hydroxyl groups is 4. The highest BCUT2D eigenvalue weighted by molar-refractivity contribution is 4.96.